The highest BCUT2D eigenvalue weighted by Gasteiger charge is 2.27. The Bertz CT molecular complexity index is 436. The lowest BCUT2D eigenvalue weighted by atomic mass is 10.1. The SMILES string of the molecule is O=C(CBr)c1ccc(F)c(F)c1[N+](=O)[O-]. The van der Waals surface area contributed by atoms with Crippen molar-refractivity contribution in [3.05, 3.63) is 39.4 Å². The number of hydrogen-bond donors (Lipinski definition) is 0. The van der Waals surface area contributed by atoms with Crippen molar-refractivity contribution in [2.24, 2.45) is 0 Å². The number of ketones is 1. The Hall–Kier alpha value is -1.37. The van der Waals surface area contributed by atoms with Gasteiger partial charge >= 0.3 is 5.69 Å². The molecule has 1 rings (SSSR count). The Labute approximate surface area is 91.2 Å². The zero-order valence-corrected chi connectivity index (χ0v) is 8.75. The van der Waals surface area contributed by atoms with Crippen LogP contribution in [0.5, 0.6) is 0 Å². The number of alkyl halides is 1. The lowest BCUT2D eigenvalue weighted by Crippen LogP contribution is -2.08. The van der Waals surface area contributed by atoms with Crippen LogP contribution in [0.3, 0.4) is 0 Å². The van der Waals surface area contributed by atoms with Gasteiger partial charge in [-0.25, -0.2) is 4.39 Å². The number of hydrogen-bond acceptors (Lipinski definition) is 3. The summed E-state index contributed by atoms with van der Waals surface area (Å²) in [6.07, 6.45) is 0. The van der Waals surface area contributed by atoms with E-state index in [1.54, 1.807) is 0 Å². The molecule has 0 unspecified atom stereocenters. The van der Waals surface area contributed by atoms with E-state index in [4.69, 9.17) is 0 Å². The van der Waals surface area contributed by atoms with Crippen LogP contribution in [0.1, 0.15) is 10.4 Å². The van der Waals surface area contributed by atoms with E-state index < -0.39 is 33.6 Å². The van der Waals surface area contributed by atoms with Gasteiger partial charge in [-0.15, -0.1) is 0 Å². The fourth-order valence-electron chi connectivity index (χ4n) is 1.02. The summed E-state index contributed by atoms with van der Waals surface area (Å²) in [5.41, 5.74) is -1.57. The predicted octanol–water partition coefficient (Wildman–Crippen LogP) is 2.45. The molecule has 7 heteroatoms. The Balaban J connectivity index is 3.46. The minimum atomic E-state index is -1.62. The van der Waals surface area contributed by atoms with Crippen LogP contribution in [0, 0.1) is 21.7 Å². The lowest BCUT2D eigenvalue weighted by Gasteiger charge is -2.01. The van der Waals surface area contributed by atoms with Gasteiger partial charge in [0.05, 0.1) is 15.8 Å². The van der Waals surface area contributed by atoms with E-state index in [-0.39, 0.29) is 5.33 Å². The molecule has 80 valence electrons. The average Bonchev–Trinajstić information content (AvgIpc) is 2.20. The first-order valence-electron chi connectivity index (χ1n) is 3.70. The molecule has 0 aliphatic carbocycles. The molecule has 0 fully saturated rings. The Morgan fingerprint density at radius 3 is 2.53 bits per heavy atom. The van der Waals surface area contributed by atoms with Crippen molar-refractivity contribution in [1.29, 1.82) is 0 Å². The Morgan fingerprint density at radius 1 is 1.47 bits per heavy atom. The molecule has 1 aromatic rings. The van der Waals surface area contributed by atoms with Crippen LogP contribution in [-0.2, 0) is 0 Å². The van der Waals surface area contributed by atoms with E-state index in [1.165, 1.54) is 0 Å². The van der Waals surface area contributed by atoms with Crippen LogP contribution in [0.4, 0.5) is 14.5 Å². The molecule has 4 nitrogen and oxygen atoms in total. The molecule has 0 saturated carbocycles. The minimum absolute atomic E-state index is 0.196. The third-order valence-corrected chi connectivity index (χ3v) is 2.18. The predicted molar refractivity (Wildman–Crippen MR) is 51.1 cm³/mol. The van der Waals surface area contributed by atoms with Crippen LogP contribution in [0.25, 0.3) is 0 Å². The van der Waals surface area contributed by atoms with E-state index in [9.17, 15) is 23.7 Å². The van der Waals surface area contributed by atoms with Crippen molar-refractivity contribution in [2.75, 3.05) is 5.33 Å². The van der Waals surface area contributed by atoms with Crippen molar-refractivity contribution in [3.63, 3.8) is 0 Å². The number of carbonyl (C=O) groups is 1. The van der Waals surface area contributed by atoms with E-state index in [2.05, 4.69) is 15.9 Å². The van der Waals surface area contributed by atoms with Gasteiger partial charge in [0, 0.05) is 0 Å². The van der Waals surface area contributed by atoms with E-state index >= 15 is 0 Å². The molecule has 0 amide bonds. The third-order valence-electron chi connectivity index (χ3n) is 1.67. The summed E-state index contributed by atoms with van der Waals surface area (Å²) in [5.74, 6) is -3.65. The second-order valence-corrected chi connectivity index (χ2v) is 3.13. The molecule has 1 aromatic carbocycles. The molecule has 0 aliphatic rings. The maximum atomic E-state index is 13.0. The van der Waals surface area contributed by atoms with Crippen LogP contribution in [-0.4, -0.2) is 16.0 Å². The monoisotopic (exact) mass is 279 g/mol. The zero-order valence-electron chi connectivity index (χ0n) is 7.17. The second-order valence-electron chi connectivity index (χ2n) is 2.57. The van der Waals surface area contributed by atoms with Crippen LogP contribution < -0.4 is 0 Å². The van der Waals surface area contributed by atoms with E-state index in [0.29, 0.717) is 6.07 Å². The normalized spacial score (nSPS) is 10.1. The first-order valence-corrected chi connectivity index (χ1v) is 4.82. The molecular formula is C8H4BrF2NO3. The number of benzene rings is 1. The number of halogens is 3. The van der Waals surface area contributed by atoms with Crippen molar-refractivity contribution in [2.45, 2.75) is 0 Å². The number of nitrogens with zero attached hydrogens (tertiary/aromatic N) is 1. The number of carbonyl (C=O) groups excluding carboxylic acids is 1. The van der Waals surface area contributed by atoms with Crippen molar-refractivity contribution >= 4 is 27.4 Å². The molecule has 15 heavy (non-hydrogen) atoms. The molecule has 0 aliphatic heterocycles. The summed E-state index contributed by atoms with van der Waals surface area (Å²) in [6.45, 7) is 0. The van der Waals surface area contributed by atoms with Crippen molar-refractivity contribution < 1.29 is 18.5 Å². The van der Waals surface area contributed by atoms with Gasteiger partial charge in [0.15, 0.2) is 11.6 Å². The Morgan fingerprint density at radius 2 is 2.07 bits per heavy atom. The van der Waals surface area contributed by atoms with Gasteiger partial charge in [-0.3, -0.25) is 14.9 Å². The van der Waals surface area contributed by atoms with Crippen LogP contribution in [0.2, 0.25) is 0 Å². The van der Waals surface area contributed by atoms with Gasteiger partial charge in [0.2, 0.25) is 5.82 Å². The lowest BCUT2D eigenvalue weighted by molar-refractivity contribution is -0.388. The summed E-state index contributed by atoms with van der Waals surface area (Å²) < 4.78 is 25.7. The third kappa shape index (κ3) is 2.17. The quantitative estimate of drug-likeness (QED) is 0.370. The summed E-state index contributed by atoms with van der Waals surface area (Å²) in [5, 5.41) is 10.3. The highest BCUT2D eigenvalue weighted by Crippen LogP contribution is 2.25. The fraction of sp³-hybridized carbons (Fsp3) is 0.125. The molecule has 0 radical (unpaired) electrons. The summed E-state index contributed by atoms with van der Waals surface area (Å²) in [4.78, 5) is 20.5. The van der Waals surface area contributed by atoms with Gasteiger partial charge in [-0.2, -0.15) is 4.39 Å². The molecule has 0 bridgehead atoms. The standard InChI is InChI=1S/C8H4BrF2NO3/c9-3-6(13)4-1-2-5(10)7(11)8(4)12(14)15/h1-2H,3H2. The molecule has 0 N–H and O–H groups in total. The van der Waals surface area contributed by atoms with E-state index in [1.807, 2.05) is 0 Å². The smallest absolute Gasteiger partial charge is 0.293 e. The first-order chi connectivity index (χ1) is 6.99. The number of nitro groups is 1. The van der Waals surface area contributed by atoms with Crippen molar-refractivity contribution in [1.82, 2.24) is 0 Å². The largest absolute Gasteiger partial charge is 0.318 e. The highest BCUT2D eigenvalue weighted by molar-refractivity contribution is 9.09. The highest BCUT2D eigenvalue weighted by atomic mass is 79.9. The van der Waals surface area contributed by atoms with Crippen LogP contribution in [0.15, 0.2) is 12.1 Å². The van der Waals surface area contributed by atoms with Gasteiger partial charge in [0.25, 0.3) is 0 Å². The summed E-state index contributed by atoms with van der Waals surface area (Å²) >= 11 is 2.79. The molecule has 0 spiro atoms. The molecule has 0 heterocycles. The molecular weight excluding hydrogens is 276 g/mol. The fourth-order valence-corrected chi connectivity index (χ4v) is 1.32. The first kappa shape index (κ1) is 11.7. The average molecular weight is 280 g/mol. The minimum Gasteiger partial charge on any atom is -0.293 e. The Kier molecular flexibility index (Phi) is 3.46. The van der Waals surface area contributed by atoms with Gasteiger partial charge in [-0.05, 0) is 12.1 Å². The van der Waals surface area contributed by atoms with Crippen LogP contribution >= 0.6 is 15.9 Å². The second kappa shape index (κ2) is 4.43. The topological polar surface area (TPSA) is 60.2 Å². The number of nitro benzene ring substituents is 1. The van der Waals surface area contributed by atoms with E-state index in [0.717, 1.165) is 6.07 Å². The van der Waals surface area contributed by atoms with Gasteiger partial charge in [-0.1, -0.05) is 15.9 Å². The molecule has 0 aromatic heterocycles. The molecule has 0 saturated heterocycles. The number of Topliss-reactive ketones (excluding diaryl/α,β-unsaturated/α-hetero) is 1. The zero-order chi connectivity index (χ0) is 11.6. The summed E-state index contributed by atoms with van der Waals surface area (Å²) in [7, 11) is 0. The van der Waals surface area contributed by atoms with Crippen molar-refractivity contribution in [3.8, 4) is 0 Å². The summed E-state index contributed by atoms with van der Waals surface area (Å²) in [6, 6.07) is 1.57. The van der Waals surface area contributed by atoms with Gasteiger partial charge < -0.3 is 0 Å². The maximum Gasteiger partial charge on any atom is 0.318 e. The maximum absolute atomic E-state index is 13.0. The molecule has 0 atom stereocenters. The number of rotatable bonds is 3. The van der Waals surface area contributed by atoms with Gasteiger partial charge in [0.1, 0.15) is 0 Å².